The van der Waals surface area contributed by atoms with Gasteiger partial charge in [0.05, 0.1) is 12.0 Å². The largest absolute Gasteiger partial charge is 0.486 e. The van der Waals surface area contributed by atoms with Gasteiger partial charge in [-0.15, -0.1) is 12.4 Å². The molecule has 0 radical (unpaired) electrons. The van der Waals surface area contributed by atoms with Crippen LogP contribution in [0.5, 0.6) is 11.5 Å². The first-order valence-electron chi connectivity index (χ1n) is 7.90. The van der Waals surface area contributed by atoms with Crippen molar-refractivity contribution in [3.8, 4) is 11.5 Å². The van der Waals surface area contributed by atoms with Crippen LogP contribution in [0.1, 0.15) is 26.7 Å². The van der Waals surface area contributed by atoms with Crippen molar-refractivity contribution in [1.82, 2.24) is 4.90 Å². The smallest absolute Gasteiger partial charge is 0.229 e. The first kappa shape index (κ1) is 19.6. The summed E-state index contributed by atoms with van der Waals surface area (Å²) in [6.45, 7) is 5.34. The van der Waals surface area contributed by atoms with E-state index in [2.05, 4.69) is 0 Å². The predicted octanol–water partition coefficient (Wildman–Crippen LogP) is 2.47. The third-order valence-corrected chi connectivity index (χ3v) is 4.59. The molecule has 2 rings (SSSR count). The SMILES string of the molecule is CCC(CC)(CN)C(=O)N(C)CC1COc2ccccc2O1.Cl. The van der Waals surface area contributed by atoms with E-state index in [9.17, 15) is 4.79 Å². The number of benzene rings is 1. The van der Waals surface area contributed by atoms with Crippen LogP contribution in [0.25, 0.3) is 0 Å². The zero-order valence-corrected chi connectivity index (χ0v) is 14.9. The van der Waals surface area contributed by atoms with Crippen LogP contribution in [0, 0.1) is 5.41 Å². The summed E-state index contributed by atoms with van der Waals surface area (Å²) in [5, 5.41) is 0. The molecule has 0 spiro atoms. The number of ether oxygens (including phenoxy) is 2. The summed E-state index contributed by atoms with van der Waals surface area (Å²) in [5.41, 5.74) is 5.39. The zero-order chi connectivity index (χ0) is 16.2. The molecule has 0 saturated carbocycles. The Morgan fingerprint density at radius 2 is 1.91 bits per heavy atom. The van der Waals surface area contributed by atoms with Crippen molar-refractivity contribution in [3.05, 3.63) is 24.3 Å². The van der Waals surface area contributed by atoms with Crippen LogP contribution in [-0.2, 0) is 4.79 Å². The maximum atomic E-state index is 12.7. The van der Waals surface area contributed by atoms with Crippen LogP contribution in [0.2, 0.25) is 0 Å². The molecule has 5 nitrogen and oxygen atoms in total. The fraction of sp³-hybridized carbons (Fsp3) is 0.588. The van der Waals surface area contributed by atoms with Crippen molar-refractivity contribution in [2.45, 2.75) is 32.8 Å². The van der Waals surface area contributed by atoms with Crippen LogP contribution < -0.4 is 15.2 Å². The van der Waals surface area contributed by atoms with Crippen LogP contribution in [0.15, 0.2) is 24.3 Å². The Morgan fingerprint density at radius 1 is 1.30 bits per heavy atom. The Bertz CT molecular complexity index is 512. The highest BCUT2D eigenvalue weighted by Crippen LogP contribution is 2.32. The van der Waals surface area contributed by atoms with E-state index in [4.69, 9.17) is 15.2 Å². The summed E-state index contributed by atoms with van der Waals surface area (Å²) in [7, 11) is 1.81. The van der Waals surface area contributed by atoms with Gasteiger partial charge in [-0.2, -0.15) is 0 Å². The minimum atomic E-state index is -0.470. The fourth-order valence-electron chi connectivity index (χ4n) is 2.87. The van der Waals surface area contributed by atoms with Crippen molar-refractivity contribution >= 4 is 18.3 Å². The molecule has 6 heteroatoms. The number of rotatable bonds is 6. The van der Waals surface area contributed by atoms with E-state index in [1.165, 1.54) is 0 Å². The molecule has 0 aromatic heterocycles. The molecule has 130 valence electrons. The van der Waals surface area contributed by atoms with E-state index in [0.29, 0.717) is 19.7 Å². The summed E-state index contributed by atoms with van der Waals surface area (Å²) in [4.78, 5) is 14.5. The first-order valence-corrected chi connectivity index (χ1v) is 7.90. The van der Waals surface area contributed by atoms with Crippen LogP contribution in [-0.4, -0.2) is 43.7 Å². The third-order valence-electron chi connectivity index (χ3n) is 4.59. The molecular formula is C17H27ClN2O3. The monoisotopic (exact) mass is 342 g/mol. The Balaban J connectivity index is 0.00000264. The number of fused-ring (bicyclic) bond motifs is 1. The first-order chi connectivity index (χ1) is 10.6. The van der Waals surface area contributed by atoms with Crippen molar-refractivity contribution in [1.29, 1.82) is 0 Å². The molecule has 0 aliphatic carbocycles. The van der Waals surface area contributed by atoms with Gasteiger partial charge < -0.3 is 20.1 Å². The molecule has 0 fully saturated rings. The molecule has 23 heavy (non-hydrogen) atoms. The molecular weight excluding hydrogens is 316 g/mol. The quantitative estimate of drug-likeness (QED) is 0.862. The summed E-state index contributed by atoms with van der Waals surface area (Å²) in [6.07, 6.45) is 1.33. The number of carbonyl (C=O) groups excluding carboxylic acids is 1. The molecule has 2 N–H and O–H groups in total. The predicted molar refractivity (Wildman–Crippen MR) is 93.3 cm³/mol. The molecule has 1 atom stereocenters. The Morgan fingerprint density at radius 3 is 2.48 bits per heavy atom. The van der Waals surface area contributed by atoms with E-state index in [1.807, 2.05) is 45.2 Å². The van der Waals surface area contributed by atoms with Crippen LogP contribution in [0.4, 0.5) is 0 Å². The van der Waals surface area contributed by atoms with Gasteiger partial charge in [-0.25, -0.2) is 0 Å². The van der Waals surface area contributed by atoms with Gasteiger partial charge in [0.25, 0.3) is 0 Å². The van der Waals surface area contributed by atoms with E-state index in [-0.39, 0.29) is 24.4 Å². The number of halogens is 1. The highest BCUT2D eigenvalue weighted by molar-refractivity contribution is 5.85. The van der Waals surface area contributed by atoms with Crippen molar-refractivity contribution in [2.24, 2.45) is 11.1 Å². The minimum absolute atomic E-state index is 0. The molecule has 1 aromatic rings. The average Bonchev–Trinajstić information content (AvgIpc) is 2.56. The second kappa shape index (κ2) is 8.41. The number of carbonyl (C=O) groups is 1. The molecule has 1 aliphatic rings. The summed E-state index contributed by atoms with van der Waals surface area (Å²) in [6, 6.07) is 7.59. The van der Waals surface area contributed by atoms with Crippen molar-refractivity contribution in [2.75, 3.05) is 26.7 Å². The summed E-state index contributed by atoms with van der Waals surface area (Å²) >= 11 is 0. The maximum Gasteiger partial charge on any atom is 0.229 e. The Kier molecular flexibility index (Phi) is 7.16. The topological polar surface area (TPSA) is 64.8 Å². The summed E-state index contributed by atoms with van der Waals surface area (Å²) in [5.74, 6) is 1.57. The standard InChI is InChI=1S/C17H26N2O3.ClH/c1-4-17(5-2,12-18)16(20)19(3)10-13-11-21-14-8-6-7-9-15(14)22-13;/h6-9,13H,4-5,10-12,18H2,1-3H3;1H. The number of nitrogens with two attached hydrogens (primary N) is 1. The second-order valence-corrected chi connectivity index (χ2v) is 5.87. The third kappa shape index (κ3) is 4.09. The van der Waals surface area contributed by atoms with Gasteiger partial charge in [0.1, 0.15) is 6.61 Å². The lowest BCUT2D eigenvalue weighted by molar-refractivity contribution is -0.142. The molecule has 0 saturated heterocycles. The second-order valence-electron chi connectivity index (χ2n) is 5.87. The molecule has 0 bridgehead atoms. The molecule has 1 heterocycles. The maximum absolute atomic E-state index is 12.7. The van der Waals surface area contributed by atoms with Gasteiger partial charge >= 0.3 is 0 Å². The number of hydrogen-bond acceptors (Lipinski definition) is 4. The lowest BCUT2D eigenvalue weighted by atomic mass is 9.81. The van der Waals surface area contributed by atoms with Crippen molar-refractivity contribution in [3.63, 3.8) is 0 Å². The van der Waals surface area contributed by atoms with Crippen LogP contribution >= 0.6 is 12.4 Å². The van der Waals surface area contributed by atoms with E-state index in [1.54, 1.807) is 4.90 Å². The number of hydrogen-bond donors (Lipinski definition) is 1. The summed E-state index contributed by atoms with van der Waals surface area (Å²) < 4.78 is 11.6. The van der Waals surface area contributed by atoms with Gasteiger partial charge in [-0.1, -0.05) is 26.0 Å². The van der Waals surface area contributed by atoms with Gasteiger partial charge in [0, 0.05) is 13.6 Å². The molecule has 1 aliphatic heterocycles. The minimum Gasteiger partial charge on any atom is -0.486 e. The van der Waals surface area contributed by atoms with E-state index < -0.39 is 5.41 Å². The number of nitrogens with zero attached hydrogens (tertiary/aromatic N) is 1. The van der Waals surface area contributed by atoms with E-state index >= 15 is 0 Å². The van der Waals surface area contributed by atoms with Crippen molar-refractivity contribution < 1.29 is 14.3 Å². The lowest BCUT2D eigenvalue weighted by Gasteiger charge is -2.35. The van der Waals surface area contributed by atoms with Gasteiger partial charge in [-0.05, 0) is 25.0 Å². The lowest BCUT2D eigenvalue weighted by Crippen LogP contribution is -2.50. The van der Waals surface area contributed by atoms with Crippen LogP contribution in [0.3, 0.4) is 0 Å². The number of likely N-dealkylation sites (N-methyl/N-ethyl adjacent to an activating group) is 1. The van der Waals surface area contributed by atoms with Gasteiger partial charge in [0.15, 0.2) is 17.6 Å². The van der Waals surface area contributed by atoms with Gasteiger partial charge in [-0.3, -0.25) is 4.79 Å². The normalized spacial score (nSPS) is 16.4. The fourth-order valence-corrected chi connectivity index (χ4v) is 2.87. The average molecular weight is 343 g/mol. The number of para-hydroxylation sites is 2. The van der Waals surface area contributed by atoms with E-state index in [0.717, 1.165) is 24.3 Å². The highest BCUT2D eigenvalue weighted by Gasteiger charge is 2.36. The molecule has 1 unspecified atom stereocenters. The zero-order valence-electron chi connectivity index (χ0n) is 14.1. The molecule has 1 aromatic carbocycles. The Labute approximate surface area is 144 Å². The Hall–Kier alpha value is -1.46. The molecule has 1 amide bonds. The highest BCUT2D eigenvalue weighted by atomic mass is 35.5. The number of amides is 1. The van der Waals surface area contributed by atoms with Gasteiger partial charge in [0.2, 0.25) is 5.91 Å².